The van der Waals surface area contributed by atoms with E-state index in [4.69, 9.17) is 0 Å². The number of carbonyl (C=O) groups is 1. The van der Waals surface area contributed by atoms with Gasteiger partial charge in [-0.2, -0.15) is 5.10 Å². The lowest BCUT2D eigenvalue weighted by atomic mass is 10.0. The molecule has 1 aliphatic rings. The molecule has 10 heteroatoms. The van der Waals surface area contributed by atoms with Crippen molar-refractivity contribution in [3.05, 3.63) is 77.6 Å². The SMILES string of the molecule is Cn1cnc(CNC(=O)c2cnn3ccc(N4CCCC4c4cc(F)ccc4F)nc23)c1. The summed E-state index contributed by atoms with van der Waals surface area (Å²) < 4.78 is 31.5. The molecule has 0 aliphatic carbocycles. The average Bonchev–Trinajstić information content (AvgIpc) is 3.52. The molecule has 1 aromatic carbocycles. The number of fused-ring (bicyclic) bond motifs is 1. The fourth-order valence-electron chi connectivity index (χ4n) is 4.14. The molecule has 5 rings (SSSR count). The van der Waals surface area contributed by atoms with Crippen LogP contribution in [0.3, 0.4) is 0 Å². The van der Waals surface area contributed by atoms with Crippen molar-refractivity contribution in [2.24, 2.45) is 7.05 Å². The van der Waals surface area contributed by atoms with Gasteiger partial charge in [-0.15, -0.1) is 0 Å². The summed E-state index contributed by atoms with van der Waals surface area (Å²) in [5.41, 5.74) is 1.77. The first-order chi connectivity index (χ1) is 15.5. The molecule has 1 aliphatic heterocycles. The molecule has 8 nitrogen and oxygen atoms in total. The molecule has 1 fully saturated rings. The second-order valence-corrected chi connectivity index (χ2v) is 7.84. The first-order valence-electron chi connectivity index (χ1n) is 10.3. The summed E-state index contributed by atoms with van der Waals surface area (Å²) >= 11 is 0. The molecule has 164 valence electrons. The van der Waals surface area contributed by atoms with Crippen LogP contribution in [0.15, 0.2) is 49.2 Å². The van der Waals surface area contributed by atoms with Crippen molar-refractivity contribution in [2.75, 3.05) is 11.4 Å². The quantitative estimate of drug-likeness (QED) is 0.519. The fourth-order valence-corrected chi connectivity index (χ4v) is 4.14. The summed E-state index contributed by atoms with van der Waals surface area (Å²) in [6.45, 7) is 0.933. The van der Waals surface area contributed by atoms with Crippen molar-refractivity contribution in [3.63, 3.8) is 0 Å². The Bertz CT molecular complexity index is 1300. The summed E-state index contributed by atoms with van der Waals surface area (Å²) in [6, 6.07) is 4.95. The maximum absolute atomic E-state index is 14.4. The van der Waals surface area contributed by atoms with Gasteiger partial charge in [0.25, 0.3) is 5.91 Å². The molecule has 3 aromatic heterocycles. The number of halogens is 2. The molecular weight excluding hydrogens is 416 g/mol. The minimum absolute atomic E-state index is 0.281. The molecule has 1 saturated heterocycles. The molecule has 1 N–H and O–H groups in total. The van der Waals surface area contributed by atoms with E-state index in [9.17, 15) is 13.6 Å². The Morgan fingerprint density at radius 2 is 2.16 bits per heavy atom. The van der Waals surface area contributed by atoms with Crippen LogP contribution < -0.4 is 10.2 Å². The maximum Gasteiger partial charge on any atom is 0.257 e. The molecule has 32 heavy (non-hydrogen) atoms. The number of amides is 1. The minimum Gasteiger partial charge on any atom is -0.349 e. The Morgan fingerprint density at radius 3 is 2.97 bits per heavy atom. The Kier molecular flexibility index (Phi) is 5.04. The topological polar surface area (TPSA) is 80.3 Å². The summed E-state index contributed by atoms with van der Waals surface area (Å²) in [4.78, 5) is 23.6. The number of aryl methyl sites for hydroxylation is 1. The molecule has 1 amide bonds. The van der Waals surface area contributed by atoms with Crippen molar-refractivity contribution in [2.45, 2.75) is 25.4 Å². The number of anilines is 1. The Morgan fingerprint density at radius 1 is 1.28 bits per heavy atom. The summed E-state index contributed by atoms with van der Waals surface area (Å²) in [5, 5.41) is 7.05. The van der Waals surface area contributed by atoms with Crippen molar-refractivity contribution in [3.8, 4) is 0 Å². The molecule has 0 radical (unpaired) electrons. The lowest BCUT2D eigenvalue weighted by molar-refractivity contribution is 0.0952. The zero-order valence-corrected chi connectivity index (χ0v) is 17.4. The number of imidazole rings is 1. The van der Waals surface area contributed by atoms with Gasteiger partial charge in [0.1, 0.15) is 23.0 Å². The maximum atomic E-state index is 14.4. The first-order valence-corrected chi connectivity index (χ1v) is 10.3. The lowest BCUT2D eigenvalue weighted by Crippen LogP contribution is -2.25. The Labute approximate surface area is 182 Å². The van der Waals surface area contributed by atoms with Crippen LogP contribution in [0, 0.1) is 11.6 Å². The predicted octanol–water partition coefficient (Wildman–Crippen LogP) is 3.01. The molecule has 0 spiro atoms. The van der Waals surface area contributed by atoms with Gasteiger partial charge < -0.3 is 14.8 Å². The van der Waals surface area contributed by atoms with Gasteiger partial charge in [-0.05, 0) is 37.1 Å². The van der Waals surface area contributed by atoms with Crippen LogP contribution in [-0.4, -0.2) is 36.6 Å². The number of carbonyl (C=O) groups excluding carboxylic acids is 1. The molecule has 4 heterocycles. The van der Waals surface area contributed by atoms with Gasteiger partial charge >= 0.3 is 0 Å². The van der Waals surface area contributed by atoms with E-state index in [2.05, 4.69) is 20.4 Å². The van der Waals surface area contributed by atoms with E-state index in [0.717, 1.165) is 24.2 Å². The highest BCUT2D eigenvalue weighted by molar-refractivity contribution is 5.99. The van der Waals surface area contributed by atoms with E-state index >= 15 is 0 Å². The third-order valence-electron chi connectivity index (χ3n) is 5.65. The number of hydrogen-bond acceptors (Lipinski definition) is 5. The molecule has 0 bridgehead atoms. The molecule has 1 unspecified atom stereocenters. The third kappa shape index (κ3) is 3.68. The van der Waals surface area contributed by atoms with Gasteiger partial charge in [0, 0.05) is 31.5 Å². The normalized spacial score (nSPS) is 16.1. The van der Waals surface area contributed by atoms with Gasteiger partial charge in [0.2, 0.25) is 0 Å². The van der Waals surface area contributed by atoms with Gasteiger partial charge in [-0.3, -0.25) is 4.79 Å². The Balaban J connectivity index is 1.42. The van der Waals surface area contributed by atoms with E-state index in [1.165, 1.54) is 16.8 Å². The Hall–Kier alpha value is -3.82. The highest BCUT2D eigenvalue weighted by Crippen LogP contribution is 2.36. The first kappa shape index (κ1) is 20.1. The monoisotopic (exact) mass is 437 g/mol. The van der Waals surface area contributed by atoms with E-state index in [0.29, 0.717) is 35.6 Å². The van der Waals surface area contributed by atoms with Crippen LogP contribution >= 0.6 is 0 Å². The van der Waals surface area contributed by atoms with Crippen LogP contribution in [0.2, 0.25) is 0 Å². The fraction of sp³-hybridized carbons (Fsp3) is 0.273. The van der Waals surface area contributed by atoms with Gasteiger partial charge in [-0.25, -0.2) is 23.3 Å². The summed E-state index contributed by atoms with van der Waals surface area (Å²) in [5.74, 6) is -0.643. The average molecular weight is 437 g/mol. The highest BCUT2D eigenvalue weighted by Gasteiger charge is 2.30. The highest BCUT2D eigenvalue weighted by atomic mass is 19.1. The van der Waals surface area contributed by atoms with Crippen LogP contribution in [0.25, 0.3) is 5.65 Å². The van der Waals surface area contributed by atoms with Crippen LogP contribution in [0.1, 0.15) is 40.5 Å². The minimum atomic E-state index is -0.473. The van der Waals surface area contributed by atoms with Crippen LogP contribution in [-0.2, 0) is 13.6 Å². The van der Waals surface area contributed by atoms with Gasteiger partial charge in [0.15, 0.2) is 5.65 Å². The van der Waals surface area contributed by atoms with Crippen LogP contribution in [0.4, 0.5) is 14.6 Å². The van der Waals surface area contributed by atoms with Crippen molar-refractivity contribution in [1.29, 1.82) is 0 Å². The van der Waals surface area contributed by atoms with Gasteiger partial charge in [-0.1, -0.05) is 0 Å². The molecule has 0 saturated carbocycles. The number of nitrogens with zero attached hydrogens (tertiary/aromatic N) is 6. The summed E-state index contributed by atoms with van der Waals surface area (Å²) in [6.07, 6.45) is 8.18. The smallest absolute Gasteiger partial charge is 0.257 e. The standard InChI is InChI=1S/C22H21F2N7O/c1-29-12-15(26-13-29)10-25-22(32)17-11-27-31-8-6-20(28-21(17)31)30-7-2-3-19(30)16-9-14(23)4-5-18(16)24/h4-6,8-9,11-13,19H,2-3,7,10H2,1H3,(H,25,32). The van der Waals surface area contributed by atoms with E-state index in [1.54, 1.807) is 23.2 Å². The number of nitrogens with one attached hydrogen (secondary N) is 1. The zero-order valence-electron chi connectivity index (χ0n) is 17.4. The van der Waals surface area contributed by atoms with Crippen molar-refractivity contribution >= 4 is 17.4 Å². The van der Waals surface area contributed by atoms with E-state index in [-0.39, 0.29) is 18.5 Å². The summed E-state index contributed by atoms with van der Waals surface area (Å²) in [7, 11) is 1.86. The largest absolute Gasteiger partial charge is 0.349 e. The third-order valence-corrected chi connectivity index (χ3v) is 5.65. The number of hydrogen-bond donors (Lipinski definition) is 1. The number of rotatable bonds is 5. The second-order valence-electron chi connectivity index (χ2n) is 7.84. The van der Waals surface area contributed by atoms with Crippen molar-refractivity contribution in [1.82, 2.24) is 29.5 Å². The van der Waals surface area contributed by atoms with E-state index in [1.807, 2.05) is 18.1 Å². The molecule has 1 atom stereocenters. The van der Waals surface area contributed by atoms with Crippen LogP contribution in [0.5, 0.6) is 0 Å². The van der Waals surface area contributed by atoms with Crippen molar-refractivity contribution < 1.29 is 13.6 Å². The second kappa shape index (κ2) is 8.03. The van der Waals surface area contributed by atoms with E-state index < -0.39 is 11.6 Å². The lowest BCUT2D eigenvalue weighted by Gasteiger charge is -2.26. The number of aromatic nitrogens is 5. The molecule has 4 aromatic rings. The van der Waals surface area contributed by atoms with Gasteiger partial charge in [0.05, 0.1) is 30.8 Å². The predicted molar refractivity (Wildman–Crippen MR) is 113 cm³/mol. The number of benzene rings is 1. The molecular formula is C22H21F2N7O. The zero-order chi connectivity index (χ0) is 22.2.